The van der Waals surface area contributed by atoms with Crippen molar-refractivity contribution in [3.63, 3.8) is 0 Å². The fraction of sp³-hybridized carbons (Fsp3) is 0.875. The van der Waals surface area contributed by atoms with E-state index in [0.29, 0.717) is 12.3 Å². The predicted octanol–water partition coefficient (Wildman–Crippen LogP) is 1.66. The van der Waals surface area contributed by atoms with E-state index in [4.69, 9.17) is 0 Å². The molecular formula is C16H30ClN3O2. The average molecular weight is 332 g/mol. The van der Waals surface area contributed by atoms with E-state index in [1.807, 2.05) is 4.90 Å². The highest BCUT2D eigenvalue weighted by molar-refractivity contribution is 5.85. The van der Waals surface area contributed by atoms with Crippen LogP contribution in [-0.2, 0) is 9.59 Å². The molecule has 1 aliphatic heterocycles. The topological polar surface area (TPSA) is 52.7 Å². The fourth-order valence-corrected chi connectivity index (χ4v) is 3.28. The first kappa shape index (κ1) is 19.2. The summed E-state index contributed by atoms with van der Waals surface area (Å²) < 4.78 is 0. The second kappa shape index (κ2) is 10.1. The quantitative estimate of drug-likeness (QED) is 0.797. The summed E-state index contributed by atoms with van der Waals surface area (Å²) >= 11 is 0. The molecule has 128 valence electrons. The van der Waals surface area contributed by atoms with Crippen LogP contribution in [0.3, 0.4) is 0 Å². The lowest BCUT2D eigenvalue weighted by molar-refractivity contribution is -0.140. The maximum atomic E-state index is 12.3. The number of piperazine rings is 1. The smallest absolute Gasteiger partial charge is 0.242 e. The van der Waals surface area contributed by atoms with Gasteiger partial charge in [0.25, 0.3) is 0 Å². The Kier molecular flexibility index (Phi) is 8.79. The summed E-state index contributed by atoms with van der Waals surface area (Å²) in [7, 11) is 1.76. The van der Waals surface area contributed by atoms with Crippen molar-refractivity contribution in [2.24, 2.45) is 5.92 Å². The van der Waals surface area contributed by atoms with E-state index in [0.717, 1.165) is 26.2 Å². The summed E-state index contributed by atoms with van der Waals surface area (Å²) in [6.07, 6.45) is 8.08. The highest BCUT2D eigenvalue weighted by atomic mass is 35.5. The van der Waals surface area contributed by atoms with E-state index in [1.54, 1.807) is 11.9 Å². The molecule has 2 fully saturated rings. The van der Waals surface area contributed by atoms with Crippen LogP contribution >= 0.6 is 12.4 Å². The van der Waals surface area contributed by atoms with Gasteiger partial charge in [0, 0.05) is 39.6 Å². The molecular weight excluding hydrogens is 302 g/mol. The minimum absolute atomic E-state index is 0. The lowest BCUT2D eigenvalue weighted by Gasteiger charge is -2.29. The van der Waals surface area contributed by atoms with Crippen LogP contribution in [0.2, 0.25) is 0 Å². The molecule has 1 N–H and O–H groups in total. The Bertz CT molecular complexity index is 351. The molecule has 22 heavy (non-hydrogen) atoms. The van der Waals surface area contributed by atoms with Crippen molar-refractivity contribution in [2.45, 2.75) is 44.9 Å². The molecule has 1 saturated heterocycles. The number of carbonyl (C=O) groups is 2. The van der Waals surface area contributed by atoms with Gasteiger partial charge >= 0.3 is 0 Å². The molecule has 2 rings (SSSR count). The minimum Gasteiger partial charge on any atom is -0.339 e. The first-order valence-electron chi connectivity index (χ1n) is 8.39. The van der Waals surface area contributed by atoms with Gasteiger partial charge in [-0.05, 0) is 18.8 Å². The third kappa shape index (κ3) is 6.13. The molecule has 6 heteroatoms. The zero-order valence-corrected chi connectivity index (χ0v) is 14.5. The average Bonchev–Trinajstić information content (AvgIpc) is 2.76. The van der Waals surface area contributed by atoms with E-state index in [-0.39, 0.29) is 30.8 Å². The lowest BCUT2D eigenvalue weighted by atomic mass is 9.96. The van der Waals surface area contributed by atoms with Crippen molar-refractivity contribution in [1.29, 1.82) is 0 Å². The van der Waals surface area contributed by atoms with E-state index < -0.39 is 0 Å². The van der Waals surface area contributed by atoms with Gasteiger partial charge in [-0.25, -0.2) is 0 Å². The molecule has 1 heterocycles. The highest BCUT2D eigenvalue weighted by Gasteiger charge is 2.22. The van der Waals surface area contributed by atoms with E-state index in [9.17, 15) is 9.59 Å². The van der Waals surface area contributed by atoms with Crippen molar-refractivity contribution in [3.05, 3.63) is 0 Å². The second-order valence-corrected chi connectivity index (χ2v) is 6.44. The Labute approximate surface area is 140 Å². The van der Waals surface area contributed by atoms with Gasteiger partial charge in [-0.1, -0.05) is 25.7 Å². The maximum absolute atomic E-state index is 12.3. The van der Waals surface area contributed by atoms with Crippen molar-refractivity contribution >= 4 is 24.2 Å². The van der Waals surface area contributed by atoms with Crippen molar-refractivity contribution in [1.82, 2.24) is 15.1 Å². The van der Waals surface area contributed by atoms with Crippen LogP contribution < -0.4 is 5.32 Å². The molecule has 0 aromatic carbocycles. The summed E-state index contributed by atoms with van der Waals surface area (Å²) in [6, 6.07) is 0. The van der Waals surface area contributed by atoms with Crippen LogP contribution in [0.15, 0.2) is 0 Å². The summed E-state index contributed by atoms with van der Waals surface area (Å²) in [6.45, 7) is 3.44. The monoisotopic (exact) mass is 331 g/mol. The Balaban J connectivity index is 0.00000242. The van der Waals surface area contributed by atoms with E-state index in [1.165, 1.54) is 38.5 Å². The first-order valence-corrected chi connectivity index (χ1v) is 8.39. The molecule has 2 aliphatic rings. The van der Waals surface area contributed by atoms with Crippen LogP contribution in [-0.4, -0.2) is 61.4 Å². The Morgan fingerprint density at radius 1 is 1.09 bits per heavy atom. The number of nitrogens with one attached hydrogen (secondary N) is 1. The maximum Gasteiger partial charge on any atom is 0.242 e. The third-order valence-corrected chi connectivity index (χ3v) is 4.71. The summed E-state index contributed by atoms with van der Waals surface area (Å²) in [5.74, 6) is 0.732. The van der Waals surface area contributed by atoms with Crippen LogP contribution in [0.25, 0.3) is 0 Å². The Hall–Kier alpha value is -0.810. The number of nitrogens with zero attached hydrogens (tertiary/aromatic N) is 2. The summed E-state index contributed by atoms with van der Waals surface area (Å²) in [5.41, 5.74) is 0. The molecule has 0 radical (unpaired) electrons. The van der Waals surface area contributed by atoms with Gasteiger partial charge in [-0.2, -0.15) is 0 Å². The molecule has 0 unspecified atom stereocenters. The van der Waals surface area contributed by atoms with E-state index in [2.05, 4.69) is 5.32 Å². The first-order chi connectivity index (χ1) is 10.2. The zero-order chi connectivity index (χ0) is 15.1. The van der Waals surface area contributed by atoms with Crippen LogP contribution in [0.4, 0.5) is 0 Å². The Morgan fingerprint density at radius 3 is 2.27 bits per heavy atom. The molecule has 1 aliphatic carbocycles. The van der Waals surface area contributed by atoms with Crippen molar-refractivity contribution < 1.29 is 9.59 Å². The number of hydrogen-bond acceptors (Lipinski definition) is 3. The molecule has 0 spiro atoms. The SMILES string of the molecule is CN(CC(=O)N1CCNCC1)C(=O)CC1CCCCCC1.Cl. The second-order valence-electron chi connectivity index (χ2n) is 6.44. The zero-order valence-electron chi connectivity index (χ0n) is 13.7. The van der Waals surface area contributed by atoms with Crippen molar-refractivity contribution in [3.8, 4) is 0 Å². The number of rotatable bonds is 4. The number of amides is 2. The molecule has 1 saturated carbocycles. The molecule has 0 aromatic heterocycles. The predicted molar refractivity (Wildman–Crippen MR) is 90.1 cm³/mol. The van der Waals surface area contributed by atoms with Gasteiger partial charge in [0.1, 0.15) is 0 Å². The number of carbonyl (C=O) groups excluding carboxylic acids is 2. The number of hydrogen-bond donors (Lipinski definition) is 1. The highest BCUT2D eigenvalue weighted by Crippen LogP contribution is 2.25. The number of halogens is 1. The van der Waals surface area contributed by atoms with Crippen LogP contribution in [0.5, 0.6) is 0 Å². The van der Waals surface area contributed by atoms with Crippen LogP contribution in [0, 0.1) is 5.92 Å². The van der Waals surface area contributed by atoms with Crippen molar-refractivity contribution in [2.75, 3.05) is 39.8 Å². The minimum atomic E-state index is 0. The fourth-order valence-electron chi connectivity index (χ4n) is 3.28. The van der Waals surface area contributed by atoms with Gasteiger partial charge in [0.15, 0.2) is 0 Å². The lowest BCUT2D eigenvalue weighted by Crippen LogP contribution is -2.49. The molecule has 2 amide bonds. The molecule has 5 nitrogen and oxygen atoms in total. The summed E-state index contributed by atoms with van der Waals surface area (Å²) in [4.78, 5) is 27.9. The normalized spacial score (nSPS) is 20.0. The van der Waals surface area contributed by atoms with E-state index >= 15 is 0 Å². The molecule has 0 atom stereocenters. The van der Waals surface area contributed by atoms with Gasteiger partial charge in [-0.3, -0.25) is 9.59 Å². The number of likely N-dealkylation sites (N-methyl/N-ethyl adjacent to an activating group) is 1. The van der Waals surface area contributed by atoms with Gasteiger partial charge in [-0.15, -0.1) is 12.4 Å². The van der Waals surface area contributed by atoms with Gasteiger partial charge < -0.3 is 15.1 Å². The molecule has 0 aromatic rings. The van der Waals surface area contributed by atoms with Gasteiger partial charge in [0.2, 0.25) is 11.8 Å². The Morgan fingerprint density at radius 2 is 1.68 bits per heavy atom. The standard InChI is InChI=1S/C16H29N3O2.ClH/c1-18(13-16(21)19-10-8-17-9-11-19)15(20)12-14-6-4-2-3-5-7-14;/h14,17H,2-13H2,1H3;1H. The third-order valence-electron chi connectivity index (χ3n) is 4.71. The van der Waals surface area contributed by atoms with Gasteiger partial charge in [0.05, 0.1) is 6.54 Å². The molecule has 0 bridgehead atoms. The summed E-state index contributed by atoms with van der Waals surface area (Å²) in [5, 5.41) is 3.23. The largest absolute Gasteiger partial charge is 0.339 e. The van der Waals surface area contributed by atoms with Crippen LogP contribution in [0.1, 0.15) is 44.9 Å².